The van der Waals surface area contributed by atoms with Gasteiger partial charge in [0.25, 0.3) is 0 Å². The molecule has 0 radical (unpaired) electrons. The summed E-state index contributed by atoms with van der Waals surface area (Å²) >= 11 is 0. The van der Waals surface area contributed by atoms with E-state index in [1.807, 2.05) is 17.0 Å². The minimum Gasteiger partial charge on any atom is -0.373 e. The highest BCUT2D eigenvalue weighted by Crippen LogP contribution is 2.23. The summed E-state index contributed by atoms with van der Waals surface area (Å²) < 4.78 is 0. The van der Waals surface area contributed by atoms with E-state index in [-0.39, 0.29) is 12.5 Å². The molecule has 1 heterocycles. The lowest BCUT2D eigenvalue weighted by molar-refractivity contribution is -0.130. The molecule has 0 aromatic heterocycles. The lowest BCUT2D eigenvalue weighted by Crippen LogP contribution is -2.38. The molecule has 1 aromatic rings. The van der Waals surface area contributed by atoms with E-state index in [2.05, 4.69) is 24.1 Å². The molecule has 86 valence electrons. The first-order chi connectivity index (χ1) is 7.72. The number of hydrogen-bond acceptors (Lipinski definition) is 3. The summed E-state index contributed by atoms with van der Waals surface area (Å²) in [7, 11) is 2.05. The SMILES string of the molecule is CN1CCN(C(=O)CN)Cc2ccccc21. The highest BCUT2D eigenvalue weighted by molar-refractivity contribution is 5.78. The van der Waals surface area contributed by atoms with Gasteiger partial charge in [0, 0.05) is 32.4 Å². The van der Waals surface area contributed by atoms with Gasteiger partial charge in [-0.1, -0.05) is 18.2 Å². The zero-order chi connectivity index (χ0) is 11.5. The van der Waals surface area contributed by atoms with Crippen molar-refractivity contribution in [3.05, 3.63) is 29.8 Å². The fourth-order valence-corrected chi connectivity index (χ4v) is 2.03. The van der Waals surface area contributed by atoms with E-state index in [9.17, 15) is 4.79 Å². The number of fused-ring (bicyclic) bond motifs is 1. The van der Waals surface area contributed by atoms with Crippen molar-refractivity contribution in [1.29, 1.82) is 0 Å². The third-order valence-corrected chi connectivity index (χ3v) is 3.00. The fourth-order valence-electron chi connectivity index (χ4n) is 2.03. The second-order valence-corrected chi connectivity index (χ2v) is 4.07. The number of nitrogens with zero attached hydrogens (tertiary/aromatic N) is 2. The van der Waals surface area contributed by atoms with E-state index in [1.54, 1.807) is 0 Å². The van der Waals surface area contributed by atoms with Gasteiger partial charge in [0.2, 0.25) is 5.91 Å². The van der Waals surface area contributed by atoms with Crippen LogP contribution >= 0.6 is 0 Å². The maximum Gasteiger partial charge on any atom is 0.236 e. The fraction of sp³-hybridized carbons (Fsp3) is 0.417. The predicted molar refractivity (Wildman–Crippen MR) is 64.2 cm³/mol. The molecule has 0 saturated heterocycles. The minimum absolute atomic E-state index is 0.0186. The van der Waals surface area contributed by atoms with Gasteiger partial charge in [-0.25, -0.2) is 0 Å². The number of likely N-dealkylation sites (N-methyl/N-ethyl adjacent to an activating group) is 1. The van der Waals surface area contributed by atoms with Gasteiger partial charge < -0.3 is 15.5 Å². The average molecular weight is 219 g/mol. The van der Waals surface area contributed by atoms with E-state index >= 15 is 0 Å². The van der Waals surface area contributed by atoms with E-state index in [0.29, 0.717) is 6.54 Å². The summed E-state index contributed by atoms with van der Waals surface area (Å²) in [6, 6.07) is 8.18. The van der Waals surface area contributed by atoms with Gasteiger partial charge in [-0.05, 0) is 11.6 Å². The van der Waals surface area contributed by atoms with Crippen molar-refractivity contribution in [2.75, 3.05) is 31.6 Å². The average Bonchev–Trinajstić information content (AvgIpc) is 2.49. The maximum absolute atomic E-state index is 11.6. The summed E-state index contributed by atoms with van der Waals surface area (Å²) in [5.41, 5.74) is 7.79. The highest BCUT2D eigenvalue weighted by Gasteiger charge is 2.19. The normalized spacial score (nSPS) is 15.6. The molecule has 4 heteroatoms. The lowest BCUT2D eigenvalue weighted by Gasteiger charge is -2.20. The van der Waals surface area contributed by atoms with Crippen LogP contribution in [0.15, 0.2) is 24.3 Å². The molecule has 0 atom stereocenters. The largest absolute Gasteiger partial charge is 0.373 e. The number of amides is 1. The minimum atomic E-state index is 0.0186. The second kappa shape index (κ2) is 4.53. The van der Waals surface area contributed by atoms with Crippen LogP contribution in [0.4, 0.5) is 5.69 Å². The Kier molecular flexibility index (Phi) is 3.10. The van der Waals surface area contributed by atoms with E-state index in [0.717, 1.165) is 13.1 Å². The van der Waals surface area contributed by atoms with Gasteiger partial charge in [-0.15, -0.1) is 0 Å². The second-order valence-electron chi connectivity index (χ2n) is 4.07. The monoisotopic (exact) mass is 219 g/mol. The van der Waals surface area contributed by atoms with Gasteiger partial charge in [-0.2, -0.15) is 0 Å². The number of benzene rings is 1. The standard InChI is InChI=1S/C12H17N3O/c1-14-6-7-15(12(16)8-13)9-10-4-2-3-5-11(10)14/h2-5H,6-9,13H2,1H3. The zero-order valence-electron chi connectivity index (χ0n) is 9.52. The van der Waals surface area contributed by atoms with Gasteiger partial charge in [-0.3, -0.25) is 4.79 Å². The van der Waals surface area contributed by atoms with Crippen molar-refractivity contribution in [3.8, 4) is 0 Å². The number of rotatable bonds is 1. The van der Waals surface area contributed by atoms with Crippen LogP contribution in [0.25, 0.3) is 0 Å². The van der Waals surface area contributed by atoms with E-state index in [4.69, 9.17) is 5.73 Å². The molecular formula is C12H17N3O. The van der Waals surface area contributed by atoms with Crippen molar-refractivity contribution in [1.82, 2.24) is 4.90 Å². The molecule has 1 amide bonds. The highest BCUT2D eigenvalue weighted by atomic mass is 16.2. The van der Waals surface area contributed by atoms with Crippen molar-refractivity contribution in [2.45, 2.75) is 6.54 Å². The molecular weight excluding hydrogens is 202 g/mol. The van der Waals surface area contributed by atoms with Crippen LogP contribution in [0.1, 0.15) is 5.56 Å². The van der Waals surface area contributed by atoms with Crippen LogP contribution in [-0.4, -0.2) is 37.5 Å². The van der Waals surface area contributed by atoms with Crippen LogP contribution in [0.5, 0.6) is 0 Å². The molecule has 0 bridgehead atoms. The van der Waals surface area contributed by atoms with Crippen LogP contribution in [0.3, 0.4) is 0 Å². The Bertz CT molecular complexity index is 392. The summed E-state index contributed by atoms with van der Waals surface area (Å²) in [6.07, 6.45) is 0. The van der Waals surface area contributed by atoms with Crippen molar-refractivity contribution < 1.29 is 4.79 Å². The summed E-state index contributed by atoms with van der Waals surface area (Å²) in [5, 5.41) is 0. The summed E-state index contributed by atoms with van der Waals surface area (Å²) in [4.78, 5) is 15.6. The Labute approximate surface area is 95.6 Å². The summed E-state index contributed by atoms with van der Waals surface area (Å²) in [6.45, 7) is 2.34. The molecule has 2 rings (SSSR count). The Balaban J connectivity index is 2.28. The number of nitrogens with two attached hydrogens (primary N) is 1. The number of hydrogen-bond donors (Lipinski definition) is 1. The third-order valence-electron chi connectivity index (χ3n) is 3.00. The number of para-hydroxylation sites is 1. The van der Waals surface area contributed by atoms with Crippen LogP contribution in [0, 0.1) is 0 Å². The van der Waals surface area contributed by atoms with E-state index in [1.165, 1.54) is 11.3 Å². The maximum atomic E-state index is 11.6. The Morgan fingerprint density at radius 1 is 1.38 bits per heavy atom. The van der Waals surface area contributed by atoms with Crippen LogP contribution in [-0.2, 0) is 11.3 Å². The molecule has 0 unspecified atom stereocenters. The summed E-state index contributed by atoms with van der Waals surface area (Å²) in [5.74, 6) is 0.0186. The molecule has 0 spiro atoms. The Morgan fingerprint density at radius 2 is 2.12 bits per heavy atom. The van der Waals surface area contributed by atoms with Gasteiger partial charge in [0.1, 0.15) is 0 Å². The molecule has 1 aliphatic heterocycles. The smallest absolute Gasteiger partial charge is 0.236 e. The van der Waals surface area contributed by atoms with Gasteiger partial charge in [0.15, 0.2) is 0 Å². The first kappa shape index (κ1) is 11.0. The van der Waals surface area contributed by atoms with Crippen LogP contribution in [0.2, 0.25) is 0 Å². The molecule has 2 N–H and O–H groups in total. The topological polar surface area (TPSA) is 49.6 Å². The molecule has 4 nitrogen and oxygen atoms in total. The quantitative estimate of drug-likeness (QED) is 0.745. The third kappa shape index (κ3) is 2.02. The lowest BCUT2D eigenvalue weighted by atomic mass is 10.1. The number of carbonyl (C=O) groups is 1. The molecule has 1 aromatic carbocycles. The van der Waals surface area contributed by atoms with Gasteiger partial charge in [0.05, 0.1) is 6.54 Å². The first-order valence-corrected chi connectivity index (χ1v) is 5.49. The molecule has 0 aliphatic carbocycles. The van der Waals surface area contributed by atoms with Gasteiger partial charge >= 0.3 is 0 Å². The molecule has 16 heavy (non-hydrogen) atoms. The molecule has 0 fully saturated rings. The Hall–Kier alpha value is -1.55. The van der Waals surface area contributed by atoms with Crippen molar-refractivity contribution in [3.63, 3.8) is 0 Å². The van der Waals surface area contributed by atoms with Crippen molar-refractivity contribution >= 4 is 11.6 Å². The van der Waals surface area contributed by atoms with Crippen LogP contribution < -0.4 is 10.6 Å². The van der Waals surface area contributed by atoms with Crippen molar-refractivity contribution in [2.24, 2.45) is 5.73 Å². The predicted octanol–water partition coefficient (Wildman–Crippen LogP) is 0.424. The Morgan fingerprint density at radius 3 is 2.88 bits per heavy atom. The zero-order valence-corrected chi connectivity index (χ0v) is 9.52. The molecule has 1 aliphatic rings. The number of anilines is 1. The van der Waals surface area contributed by atoms with E-state index < -0.39 is 0 Å². The first-order valence-electron chi connectivity index (χ1n) is 5.49. The molecule has 0 saturated carbocycles. The number of carbonyl (C=O) groups excluding carboxylic acids is 1.